The molecule has 10 heteroatoms. The van der Waals surface area contributed by atoms with Crippen LogP contribution in [-0.4, -0.2) is 43.2 Å². The van der Waals surface area contributed by atoms with Crippen molar-refractivity contribution in [1.82, 2.24) is 24.3 Å². The first-order chi connectivity index (χ1) is 20.3. The summed E-state index contributed by atoms with van der Waals surface area (Å²) in [5, 5.41) is 3.31. The second-order valence-corrected chi connectivity index (χ2v) is 10.4. The Morgan fingerprint density at radius 2 is 1.71 bits per heavy atom. The first-order valence-electron chi connectivity index (χ1n) is 13.9. The van der Waals surface area contributed by atoms with Gasteiger partial charge in [0.1, 0.15) is 5.65 Å². The lowest BCUT2D eigenvalue weighted by Crippen LogP contribution is -2.35. The number of anilines is 1. The molecule has 1 N–H and O–H groups in total. The van der Waals surface area contributed by atoms with Gasteiger partial charge in [-0.05, 0) is 62.1 Å². The molecule has 5 aromatic rings. The summed E-state index contributed by atoms with van der Waals surface area (Å²) in [4.78, 5) is 29.1. The van der Waals surface area contributed by atoms with Crippen molar-refractivity contribution >= 4 is 17.5 Å². The fourth-order valence-electron chi connectivity index (χ4n) is 5.32. The summed E-state index contributed by atoms with van der Waals surface area (Å²) in [5.41, 5.74) is 2.77. The third-order valence-corrected chi connectivity index (χ3v) is 7.52. The van der Waals surface area contributed by atoms with Crippen LogP contribution in [0.4, 0.5) is 19.1 Å². The lowest BCUT2D eigenvalue weighted by Gasteiger charge is -2.26. The number of likely N-dealkylation sites (tertiary alicyclic amines) is 1. The highest BCUT2D eigenvalue weighted by molar-refractivity contribution is 5.95. The normalized spacial score (nSPS) is 14.6. The van der Waals surface area contributed by atoms with Gasteiger partial charge in [-0.1, -0.05) is 42.5 Å². The van der Waals surface area contributed by atoms with Crippen molar-refractivity contribution in [3.63, 3.8) is 0 Å². The number of rotatable bonds is 6. The first kappa shape index (κ1) is 27.4. The Kier molecular flexibility index (Phi) is 7.36. The number of aromatic nitrogens is 4. The van der Waals surface area contributed by atoms with Crippen LogP contribution in [0.2, 0.25) is 0 Å². The SMILES string of the molecule is C[C@H](Nc1nccc(-c2c(-c3cccc(C(F)(F)F)c3)nc3ccc(C(=O)N4CCCCC4)cn23)n1)c1ccccc1. The van der Waals surface area contributed by atoms with Gasteiger partial charge in [-0.3, -0.25) is 9.20 Å². The Morgan fingerprint density at radius 3 is 2.48 bits per heavy atom. The number of imidazole rings is 1. The van der Waals surface area contributed by atoms with E-state index in [1.807, 2.05) is 42.2 Å². The molecule has 3 aromatic heterocycles. The summed E-state index contributed by atoms with van der Waals surface area (Å²) >= 11 is 0. The highest BCUT2D eigenvalue weighted by Crippen LogP contribution is 2.36. The zero-order valence-corrected chi connectivity index (χ0v) is 23.0. The summed E-state index contributed by atoms with van der Waals surface area (Å²) in [5.74, 6) is 0.271. The number of alkyl halides is 3. The van der Waals surface area contributed by atoms with Crippen LogP contribution in [-0.2, 0) is 6.18 Å². The molecule has 42 heavy (non-hydrogen) atoms. The summed E-state index contributed by atoms with van der Waals surface area (Å²) in [6, 6.07) is 20.0. The second-order valence-electron chi connectivity index (χ2n) is 10.4. The number of nitrogens with zero attached hydrogens (tertiary/aromatic N) is 5. The van der Waals surface area contributed by atoms with Gasteiger partial charge in [0.15, 0.2) is 0 Å². The topological polar surface area (TPSA) is 75.4 Å². The van der Waals surface area contributed by atoms with Crippen LogP contribution < -0.4 is 5.32 Å². The van der Waals surface area contributed by atoms with Crippen LogP contribution in [0.15, 0.2) is 85.2 Å². The molecule has 1 atom stereocenters. The van der Waals surface area contributed by atoms with Crippen LogP contribution >= 0.6 is 0 Å². The Hall–Kier alpha value is -4.73. The predicted octanol–water partition coefficient (Wildman–Crippen LogP) is 7.28. The Balaban J connectivity index is 1.47. The van der Waals surface area contributed by atoms with E-state index in [9.17, 15) is 18.0 Å². The lowest BCUT2D eigenvalue weighted by atomic mass is 10.0. The molecule has 1 fully saturated rings. The Labute approximate surface area is 241 Å². The average molecular weight is 571 g/mol. The largest absolute Gasteiger partial charge is 0.416 e. The van der Waals surface area contributed by atoms with E-state index in [1.165, 1.54) is 6.07 Å². The number of fused-ring (bicyclic) bond motifs is 1. The van der Waals surface area contributed by atoms with Gasteiger partial charge in [0, 0.05) is 31.0 Å². The molecule has 0 saturated carbocycles. The van der Waals surface area contributed by atoms with Crippen LogP contribution in [0.25, 0.3) is 28.3 Å². The monoisotopic (exact) mass is 570 g/mol. The van der Waals surface area contributed by atoms with Crippen LogP contribution in [0, 0.1) is 0 Å². The number of hydrogen-bond acceptors (Lipinski definition) is 5. The molecule has 4 heterocycles. The van der Waals surface area contributed by atoms with Crippen molar-refractivity contribution in [3.8, 4) is 22.6 Å². The van der Waals surface area contributed by atoms with Crippen LogP contribution in [0.5, 0.6) is 0 Å². The smallest absolute Gasteiger partial charge is 0.348 e. The van der Waals surface area contributed by atoms with Crippen molar-refractivity contribution in [3.05, 3.63) is 102 Å². The van der Waals surface area contributed by atoms with Crippen LogP contribution in [0.1, 0.15) is 53.7 Å². The molecule has 6 rings (SSSR count). The number of amides is 1. The molecule has 0 bridgehead atoms. The molecule has 0 radical (unpaired) electrons. The van der Waals surface area contributed by atoms with Crippen molar-refractivity contribution in [2.24, 2.45) is 0 Å². The number of benzene rings is 2. The second kappa shape index (κ2) is 11.3. The third kappa shape index (κ3) is 5.57. The van der Waals surface area contributed by atoms with E-state index in [4.69, 9.17) is 9.97 Å². The molecule has 0 spiro atoms. The van der Waals surface area contributed by atoms with E-state index in [0.717, 1.165) is 37.0 Å². The minimum absolute atomic E-state index is 0.0846. The fraction of sp³-hybridized carbons (Fsp3) is 0.250. The summed E-state index contributed by atoms with van der Waals surface area (Å²) < 4.78 is 42.7. The third-order valence-electron chi connectivity index (χ3n) is 7.52. The van der Waals surface area contributed by atoms with Crippen molar-refractivity contribution in [2.45, 2.75) is 38.4 Å². The molecule has 1 amide bonds. The molecule has 0 aliphatic carbocycles. The Bertz CT molecular complexity index is 1730. The number of nitrogens with one attached hydrogen (secondary N) is 1. The fourth-order valence-corrected chi connectivity index (χ4v) is 5.32. The summed E-state index contributed by atoms with van der Waals surface area (Å²) in [6.45, 7) is 3.39. The molecule has 1 aliphatic heterocycles. The quantitative estimate of drug-likeness (QED) is 0.232. The van der Waals surface area contributed by atoms with E-state index in [0.29, 0.717) is 52.9 Å². The van der Waals surface area contributed by atoms with Gasteiger partial charge in [0.2, 0.25) is 5.95 Å². The van der Waals surface area contributed by atoms with Gasteiger partial charge in [-0.25, -0.2) is 15.0 Å². The molecule has 1 aliphatic rings. The zero-order chi connectivity index (χ0) is 29.3. The molecule has 0 unspecified atom stereocenters. The standard InChI is InChI=1S/C32H29F3N6O/c1-21(22-9-4-2-5-10-22)37-31-36-16-15-26(38-31)29-28(23-11-8-12-25(19-23)32(33,34)35)39-27-14-13-24(20-41(27)29)30(42)40-17-6-3-7-18-40/h2,4-5,8-16,19-21H,3,6-7,17-18H2,1H3,(H,36,37,38)/t21-/m0/s1. The number of carbonyl (C=O) groups is 1. The summed E-state index contributed by atoms with van der Waals surface area (Å²) in [7, 11) is 0. The van der Waals surface area contributed by atoms with Crippen LogP contribution in [0.3, 0.4) is 0 Å². The maximum Gasteiger partial charge on any atom is 0.416 e. The van der Waals surface area contributed by atoms with E-state index in [-0.39, 0.29) is 11.9 Å². The van der Waals surface area contributed by atoms with Gasteiger partial charge >= 0.3 is 6.18 Å². The highest BCUT2D eigenvalue weighted by atomic mass is 19.4. The highest BCUT2D eigenvalue weighted by Gasteiger charge is 2.31. The number of hydrogen-bond donors (Lipinski definition) is 1. The van der Waals surface area contributed by atoms with E-state index >= 15 is 0 Å². The van der Waals surface area contributed by atoms with Gasteiger partial charge in [0.05, 0.1) is 34.3 Å². The summed E-state index contributed by atoms with van der Waals surface area (Å²) in [6.07, 6.45) is 1.81. The van der Waals surface area contributed by atoms with E-state index < -0.39 is 11.7 Å². The average Bonchev–Trinajstić information content (AvgIpc) is 3.40. The number of pyridine rings is 1. The molecule has 214 valence electrons. The first-order valence-corrected chi connectivity index (χ1v) is 13.9. The van der Waals surface area contributed by atoms with Gasteiger partial charge in [-0.2, -0.15) is 13.2 Å². The van der Waals surface area contributed by atoms with Crippen molar-refractivity contribution in [1.29, 1.82) is 0 Å². The number of piperidine rings is 1. The van der Waals surface area contributed by atoms with E-state index in [1.54, 1.807) is 41.1 Å². The number of halogens is 3. The van der Waals surface area contributed by atoms with Gasteiger partial charge < -0.3 is 10.2 Å². The van der Waals surface area contributed by atoms with Gasteiger partial charge in [-0.15, -0.1) is 0 Å². The zero-order valence-electron chi connectivity index (χ0n) is 23.0. The minimum Gasteiger partial charge on any atom is -0.348 e. The van der Waals surface area contributed by atoms with Gasteiger partial charge in [0.25, 0.3) is 5.91 Å². The Morgan fingerprint density at radius 1 is 0.929 bits per heavy atom. The molecule has 2 aromatic carbocycles. The predicted molar refractivity (Wildman–Crippen MR) is 155 cm³/mol. The molecule has 7 nitrogen and oxygen atoms in total. The molecule has 1 saturated heterocycles. The molecular weight excluding hydrogens is 541 g/mol. The maximum absolute atomic E-state index is 13.6. The number of carbonyl (C=O) groups excluding carboxylic acids is 1. The minimum atomic E-state index is -4.51. The molecular formula is C32H29F3N6O. The van der Waals surface area contributed by atoms with Crippen molar-refractivity contribution < 1.29 is 18.0 Å². The van der Waals surface area contributed by atoms with Crippen molar-refractivity contribution in [2.75, 3.05) is 18.4 Å². The maximum atomic E-state index is 13.6. The van der Waals surface area contributed by atoms with E-state index in [2.05, 4.69) is 10.3 Å². The lowest BCUT2D eigenvalue weighted by molar-refractivity contribution is -0.137.